The number of nitrogens with zero attached hydrogens (tertiary/aromatic N) is 3. The van der Waals surface area contributed by atoms with Gasteiger partial charge in [-0.15, -0.1) is 0 Å². The van der Waals surface area contributed by atoms with Gasteiger partial charge in [-0.3, -0.25) is 19.0 Å². The average molecular weight is 515 g/mol. The summed E-state index contributed by atoms with van der Waals surface area (Å²) in [4.78, 5) is 43.5. The zero-order valence-electron chi connectivity index (χ0n) is 20.1. The van der Waals surface area contributed by atoms with Gasteiger partial charge in [-0.2, -0.15) is 0 Å². The number of nitrogens with two attached hydrogens (primary N) is 1. The van der Waals surface area contributed by atoms with Crippen LogP contribution in [0, 0.1) is 5.82 Å². The fraction of sp³-hybridized carbons (Fsp3) is 0.280. The van der Waals surface area contributed by atoms with Gasteiger partial charge >= 0.3 is 0 Å². The molecule has 36 heavy (non-hydrogen) atoms. The van der Waals surface area contributed by atoms with Crippen LogP contribution in [0.5, 0.6) is 0 Å². The number of primary amides is 1. The first kappa shape index (κ1) is 26.8. The second-order valence-corrected chi connectivity index (χ2v) is 8.83. The number of nitrogens with one attached hydrogen (secondary N) is 2. The number of unbranched alkanes of at least 4 members (excludes halogenated alkanes) is 2. The van der Waals surface area contributed by atoms with E-state index in [4.69, 9.17) is 17.3 Å². The maximum atomic E-state index is 13.2. The van der Waals surface area contributed by atoms with Gasteiger partial charge in [-0.1, -0.05) is 18.0 Å². The van der Waals surface area contributed by atoms with E-state index >= 15 is 0 Å². The molecule has 0 aliphatic heterocycles. The molecule has 3 aromatic rings. The lowest BCUT2D eigenvalue weighted by Gasteiger charge is -2.10. The van der Waals surface area contributed by atoms with Crippen LogP contribution in [0.3, 0.4) is 0 Å². The van der Waals surface area contributed by atoms with Crippen molar-refractivity contribution in [3.8, 4) is 5.69 Å². The van der Waals surface area contributed by atoms with E-state index in [0.29, 0.717) is 17.9 Å². The molecule has 0 aliphatic carbocycles. The molecule has 0 saturated heterocycles. The van der Waals surface area contributed by atoms with E-state index < -0.39 is 23.5 Å². The molecule has 0 unspecified atom stereocenters. The highest BCUT2D eigenvalue weighted by Crippen LogP contribution is 2.21. The van der Waals surface area contributed by atoms with Gasteiger partial charge in [0.05, 0.1) is 10.6 Å². The van der Waals surface area contributed by atoms with E-state index in [2.05, 4.69) is 20.5 Å². The van der Waals surface area contributed by atoms with Crippen molar-refractivity contribution in [2.75, 3.05) is 32.5 Å². The molecule has 0 spiro atoms. The Morgan fingerprint density at radius 2 is 1.78 bits per heavy atom. The second-order valence-electron chi connectivity index (χ2n) is 8.42. The molecule has 0 bridgehead atoms. The van der Waals surface area contributed by atoms with Crippen molar-refractivity contribution in [1.29, 1.82) is 0 Å². The molecule has 11 heteroatoms. The Bertz CT molecular complexity index is 1240. The first-order chi connectivity index (χ1) is 17.2. The van der Waals surface area contributed by atoms with E-state index in [1.54, 1.807) is 24.3 Å². The predicted octanol–water partition coefficient (Wildman–Crippen LogP) is 3.48. The number of imidazole rings is 1. The van der Waals surface area contributed by atoms with Crippen molar-refractivity contribution in [3.05, 3.63) is 76.6 Å². The number of benzene rings is 2. The summed E-state index contributed by atoms with van der Waals surface area (Å²) >= 11 is 5.95. The fourth-order valence-corrected chi connectivity index (χ4v) is 3.79. The van der Waals surface area contributed by atoms with Crippen molar-refractivity contribution in [1.82, 2.24) is 19.8 Å². The third-order valence-electron chi connectivity index (χ3n) is 5.36. The molecule has 4 N–H and O–H groups in total. The minimum absolute atomic E-state index is 0.00648. The van der Waals surface area contributed by atoms with Gasteiger partial charge < -0.3 is 21.3 Å². The zero-order chi connectivity index (χ0) is 26.2. The zero-order valence-corrected chi connectivity index (χ0v) is 20.8. The minimum Gasteiger partial charge on any atom is -0.364 e. The van der Waals surface area contributed by atoms with Crippen LogP contribution < -0.4 is 16.4 Å². The summed E-state index contributed by atoms with van der Waals surface area (Å²) in [6, 6.07) is 9.95. The van der Waals surface area contributed by atoms with Gasteiger partial charge in [0, 0.05) is 17.9 Å². The molecule has 0 fully saturated rings. The molecule has 3 amide bonds. The minimum atomic E-state index is -0.799. The van der Waals surface area contributed by atoms with Crippen LogP contribution >= 0.6 is 11.6 Å². The van der Waals surface area contributed by atoms with E-state index in [1.165, 1.54) is 17.0 Å². The molecular formula is C25H28ClFN6O3. The van der Waals surface area contributed by atoms with E-state index in [9.17, 15) is 18.8 Å². The first-order valence-electron chi connectivity index (χ1n) is 11.3. The number of rotatable bonds is 11. The van der Waals surface area contributed by atoms with Gasteiger partial charge in [0.15, 0.2) is 5.69 Å². The highest BCUT2D eigenvalue weighted by molar-refractivity contribution is 6.34. The van der Waals surface area contributed by atoms with Crippen LogP contribution in [-0.2, 0) is 0 Å². The van der Waals surface area contributed by atoms with E-state index in [0.717, 1.165) is 37.9 Å². The number of amides is 3. The van der Waals surface area contributed by atoms with Crippen LogP contribution in [0.25, 0.3) is 5.69 Å². The normalized spacial score (nSPS) is 10.9. The Labute approximate surface area is 213 Å². The van der Waals surface area contributed by atoms with Crippen molar-refractivity contribution >= 4 is 35.0 Å². The van der Waals surface area contributed by atoms with Crippen molar-refractivity contribution < 1.29 is 18.8 Å². The number of aromatic nitrogens is 2. The number of hydrogen-bond donors (Lipinski definition) is 3. The predicted molar refractivity (Wildman–Crippen MR) is 136 cm³/mol. The monoisotopic (exact) mass is 514 g/mol. The standard InChI is InChI=1S/C25H28ClFN6O3/c1-32(2)13-5-3-4-12-29-25(36)21-22(23(28)34)33(15-30-21)18-9-7-17(8-10-18)31-24(35)19-11-6-16(27)14-20(19)26/h6-11,14-15H,3-5,12-13H2,1-2H3,(H2,28,34)(H,29,36)(H,31,35). The Hall–Kier alpha value is -3.76. The van der Waals surface area contributed by atoms with Gasteiger partial charge in [-0.25, -0.2) is 9.37 Å². The maximum Gasteiger partial charge on any atom is 0.272 e. The highest BCUT2D eigenvalue weighted by Gasteiger charge is 2.23. The van der Waals surface area contributed by atoms with Crippen molar-refractivity contribution in [2.45, 2.75) is 19.3 Å². The quantitative estimate of drug-likeness (QED) is 0.338. The van der Waals surface area contributed by atoms with Crippen LogP contribution in [0.1, 0.15) is 50.6 Å². The number of carbonyl (C=O) groups excluding carboxylic acids is 3. The van der Waals surface area contributed by atoms with Crippen LogP contribution in [-0.4, -0.2) is 59.4 Å². The van der Waals surface area contributed by atoms with Crippen LogP contribution in [0.2, 0.25) is 5.02 Å². The number of hydrogen-bond acceptors (Lipinski definition) is 5. The summed E-state index contributed by atoms with van der Waals surface area (Å²) in [5, 5.41) is 5.45. The molecule has 1 aromatic heterocycles. The Kier molecular flexibility index (Phi) is 9.15. The van der Waals surface area contributed by atoms with Crippen LogP contribution in [0.4, 0.5) is 10.1 Å². The summed E-state index contributed by atoms with van der Waals surface area (Å²) in [7, 11) is 4.02. The summed E-state index contributed by atoms with van der Waals surface area (Å²) in [6.07, 6.45) is 4.14. The van der Waals surface area contributed by atoms with Gasteiger partial charge in [0.2, 0.25) is 0 Å². The van der Waals surface area contributed by atoms with Crippen molar-refractivity contribution in [2.24, 2.45) is 5.73 Å². The molecular weight excluding hydrogens is 487 g/mol. The average Bonchev–Trinajstić information content (AvgIpc) is 3.27. The molecule has 0 saturated carbocycles. The number of carbonyl (C=O) groups is 3. The lowest BCUT2D eigenvalue weighted by Crippen LogP contribution is -2.28. The third-order valence-corrected chi connectivity index (χ3v) is 5.68. The lowest BCUT2D eigenvalue weighted by atomic mass is 10.2. The molecule has 3 rings (SSSR count). The molecule has 0 radical (unpaired) electrons. The molecule has 0 atom stereocenters. The second kappa shape index (κ2) is 12.3. The molecule has 2 aromatic carbocycles. The van der Waals surface area contributed by atoms with E-state index in [-0.39, 0.29) is 22.0 Å². The van der Waals surface area contributed by atoms with Gasteiger partial charge in [0.25, 0.3) is 17.7 Å². The fourth-order valence-electron chi connectivity index (χ4n) is 3.54. The Morgan fingerprint density at radius 3 is 2.42 bits per heavy atom. The first-order valence-corrected chi connectivity index (χ1v) is 11.7. The van der Waals surface area contributed by atoms with Gasteiger partial charge in [-0.05, 0) is 75.9 Å². The number of halogens is 2. The lowest BCUT2D eigenvalue weighted by molar-refractivity contribution is 0.0929. The van der Waals surface area contributed by atoms with Gasteiger partial charge in [0.1, 0.15) is 17.8 Å². The largest absolute Gasteiger partial charge is 0.364 e. The molecule has 9 nitrogen and oxygen atoms in total. The molecule has 0 aliphatic rings. The third kappa shape index (κ3) is 6.89. The highest BCUT2D eigenvalue weighted by atomic mass is 35.5. The van der Waals surface area contributed by atoms with E-state index in [1.807, 2.05) is 14.1 Å². The molecule has 1 heterocycles. The number of anilines is 1. The Balaban J connectivity index is 1.68. The topological polar surface area (TPSA) is 122 Å². The Morgan fingerprint density at radius 1 is 1.06 bits per heavy atom. The summed E-state index contributed by atoms with van der Waals surface area (Å²) < 4.78 is 14.6. The summed E-state index contributed by atoms with van der Waals surface area (Å²) in [5.74, 6) is -2.32. The smallest absolute Gasteiger partial charge is 0.272 e. The van der Waals surface area contributed by atoms with Crippen molar-refractivity contribution in [3.63, 3.8) is 0 Å². The summed E-state index contributed by atoms with van der Waals surface area (Å²) in [6.45, 7) is 1.44. The maximum absolute atomic E-state index is 13.2. The molecule has 190 valence electrons. The summed E-state index contributed by atoms with van der Waals surface area (Å²) in [5.41, 5.74) is 6.54. The van der Waals surface area contributed by atoms with Crippen LogP contribution in [0.15, 0.2) is 48.8 Å². The SMILES string of the molecule is CN(C)CCCCCNC(=O)c1ncn(-c2ccc(NC(=O)c3ccc(F)cc3Cl)cc2)c1C(N)=O.